The molecule has 6 aromatic rings. The van der Waals surface area contributed by atoms with Gasteiger partial charge in [0.05, 0.1) is 0 Å². The Morgan fingerprint density at radius 3 is 1.31 bits per heavy atom. The Kier molecular flexibility index (Phi) is 22.2. The molecule has 262 valence electrons. The van der Waals surface area contributed by atoms with Crippen molar-refractivity contribution < 1.29 is 23.3 Å². The molecule has 0 heterocycles. The van der Waals surface area contributed by atoms with Gasteiger partial charge in [0.1, 0.15) is 0 Å². The molecule has 0 aliphatic heterocycles. The topological polar surface area (TPSA) is 0 Å². The van der Waals surface area contributed by atoms with Gasteiger partial charge in [-0.2, -0.15) is 26.0 Å². The van der Waals surface area contributed by atoms with Crippen LogP contribution in [-0.4, -0.2) is 6.88 Å². The Hall–Kier alpha value is -2.22. The average Bonchev–Trinajstić information content (AvgIpc) is 3.69. The van der Waals surface area contributed by atoms with Crippen LogP contribution in [0.2, 0.25) is 0 Å². The molecular weight excluding hydrogens is 731 g/mol. The van der Waals surface area contributed by atoms with Gasteiger partial charge in [-0.1, -0.05) is 124 Å². The van der Waals surface area contributed by atoms with Gasteiger partial charge in [-0.3, -0.25) is 0 Å². The van der Waals surface area contributed by atoms with Crippen molar-refractivity contribution >= 4 is 53.2 Å². The van der Waals surface area contributed by atoms with Crippen molar-refractivity contribution in [1.29, 1.82) is 0 Å². The molecule has 0 saturated heterocycles. The molecule has 0 nitrogen and oxygen atoms in total. The van der Waals surface area contributed by atoms with E-state index in [0.717, 1.165) is 6.42 Å². The molecule has 0 aliphatic rings. The van der Waals surface area contributed by atoms with Crippen LogP contribution in [0.5, 0.6) is 0 Å². The minimum absolute atomic E-state index is 0. The molecule has 0 bridgehead atoms. The second-order valence-corrected chi connectivity index (χ2v) is 12.4. The van der Waals surface area contributed by atoms with Gasteiger partial charge in [-0.25, -0.2) is 0 Å². The second kappa shape index (κ2) is 23.3. The van der Waals surface area contributed by atoms with Gasteiger partial charge < -0.3 is 13.8 Å². The summed E-state index contributed by atoms with van der Waals surface area (Å²) in [4.78, 5) is 0. The van der Waals surface area contributed by atoms with Crippen molar-refractivity contribution in [2.24, 2.45) is 0 Å². The van der Waals surface area contributed by atoms with Crippen molar-refractivity contribution in [3.63, 3.8) is 0 Å². The fourth-order valence-electron chi connectivity index (χ4n) is 5.93. The molecule has 0 saturated carbocycles. The summed E-state index contributed by atoms with van der Waals surface area (Å²) in [5.41, 5.74) is 13.6. The molecule has 0 aromatic heterocycles. The third-order valence-corrected chi connectivity index (χ3v) is 8.32. The first-order chi connectivity index (χ1) is 22.6. The van der Waals surface area contributed by atoms with Crippen molar-refractivity contribution in [3.05, 3.63) is 144 Å². The molecule has 0 spiro atoms. The average molecular weight is 787 g/mol. The van der Waals surface area contributed by atoms with Crippen LogP contribution >= 0.6 is 24.8 Å². The Balaban J connectivity index is 0.000000789. The molecule has 49 heavy (non-hydrogen) atoms. The number of benzene rings is 4. The van der Waals surface area contributed by atoms with E-state index in [1.165, 1.54) is 101 Å². The standard InChI is InChI=1S/C21H23.C20H21.2C2H5.2ClH.Si.Zr/c1-5-16-12-19-10-15(4)11-20(21(19)13-16)18-8-6-17(7-9-18)14(2)3;1-13(2)16-5-7-17(8-6-16)19-11-14(3)9-18-10-15(4)12-20(18)19;2*1-2;;;;/h6-14H,5H2,1-4H3;5-13H,1-4H3;2*1H2,2H3;2*1H;;/q4*-1;;;;. The summed E-state index contributed by atoms with van der Waals surface area (Å²) in [6.45, 7) is 30.8. The van der Waals surface area contributed by atoms with Gasteiger partial charge in [-0.15, -0.1) is 81.8 Å². The van der Waals surface area contributed by atoms with E-state index in [1.807, 2.05) is 0 Å². The predicted molar refractivity (Wildman–Crippen MR) is 224 cm³/mol. The van der Waals surface area contributed by atoms with E-state index in [4.69, 9.17) is 0 Å². The van der Waals surface area contributed by atoms with Crippen LogP contribution in [0.25, 0.3) is 43.8 Å². The first kappa shape index (κ1) is 46.8. The van der Waals surface area contributed by atoms with Crippen LogP contribution in [0.4, 0.5) is 0 Å². The molecule has 0 fully saturated rings. The fourth-order valence-corrected chi connectivity index (χ4v) is 5.93. The summed E-state index contributed by atoms with van der Waals surface area (Å²) in [7, 11) is 0. The zero-order valence-corrected chi connectivity index (χ0v) is 36.4. The first-order valence-corrected chi connectivity index (χ1v) is 21.1. The summed E-state index contributed by atoms with van der Waals surface area (Å²) in [6.07, 6.45) is 1.10. The van der Waals surface area contributed by atoms with E-state index in [9.17, 15) is 0 Å². The van der Waals surface area contributed by atoms with Crippen molar-refractivity contribution in [2.75, 3.05) is 0 Å². The van der Waals surface area contributed by atoms with Gasteiger partial charge in [0.25, 0.3) is 0 Å². The van der Waals surface area contributed by atoms with Gasteiger partial charge >= 0.3 is 30.2 Å². The van der Waals surface area contributed by atoms with Crippen LogP contribution in [0.15, 0.2) is 97.1 Å². The Morgan fingerprint density at radius 1 is 0.571 bits per heavy atom. The Bertz CT molecular complexity index is 1810. The molecule has 6 aromatic carbocycles. The van der Waals surface area contributed by atoms with E-state index in [1.54, 1.807) is 13.8 Å². The first-order valence-electron chi connectivity index (χ1n) is 16.9. The molecule has 4 heteroatoms. The number of fused-ring (bicyclic) bond motifs is 2. The van der Waals surface area contributed by atoms with Crippen molar-refractivity contribution in [1.82, 2.24) is 0 Å². The number of aryl methyl sites for hydroxylation is 4. The van der Waals surface area contributed by atoms with Crippen LogP contribution in [0.3, 0.4) is 0 Å². The zero-order valence-electron chi connectivity index (χ0n) is 31.3. The quantitative estimate of drug-likeness (QED) is 0.121. The van der Waals surface area contributed by atoms with Crippen LogP contribution in [0, 0.1) is 34.6 Å². The van der Waals surface area contributed by atoms with E-state index in [-0.39, 0.29) is 24.8 Å². The summed E-state index contributed by atoms with van der Waals surface area (Å²) < 4.78 is 0. The van der Waals surface area contributed by atoms with Crippen LogP contribution in [0.1, 0.15) is 93.7 Å². The van der Waals surface area contributed by atoms with Gasteiger partial charge in [0, 0.05) is 0 Å². The van der Waals surface area contributed by atoms with E-state index in [2.05, 4.69) is 173 Å². The van der Waals surface area contributed by atoms with Crippen molar-refractivity contribution in [3.8, 4) is 22.3 Å². The molecule has 0 atom stereocenters. The molecule has 2 radical (unpaired) electrons. The summed E-state index contributed by atoms with van der Waals surface area (Å²) >= 11 is 1.36. The normalized spacial score (nSPS) is 9.90. The zero-order chi connectivity index (χ0) is 35.3. The summed E-state index contributed by atoms with van der Waals surface area (Å²) in [5.74, 6) is 1.17. The third-order valence-electron chi connectivity index (χ3n) is 8.32. The maximum atomic E-state index is 3.25. The Morgan fingerprint density at radius 2 is 0.939 bits per heavy atom. The third kappa shape index (κ3) is 12.5. The maximum absolute atomic E-state index is 3.25. The second-order valence-electron chi connectivity index (χ2n) is 12.4. The number of hydrogen-bond acceptors (Lipinski definition) is 0. The molecule has 0 amide bonds. The SMILES string of the molecule is CCc1cc2c(-c3ccc(C(C)C)cc3)cc(C)cc2[cH-]1.Cc1cc(-c2ccc(C(C)C)cc2)c2cc(C)[cH-]c2c1.Cl.Cl.[CH2-]C.[CH2-]C.[Si]=[Zr]. The van der Waals surface area contributed by atoms with E-state index >= 15 is 0 Å². The van der Waals surface area contributed by atoms with Crippen molar-refractivity contribution in [2.45, 2.75) is 87.5 Å². The number of hydrogen-bond donors (Lipinski definition) is 0. The molecule has 0 aliphatic carbocycles. The van der Waals surface area contributed by atoms with E-state index in [0.29, 0.717) is 11.8 Å². The summed E-state index contributed by atoms with van der Waals surface area (Å²) in [6, 6.07) is 36.5. The number of halogens is 2. The minimum atomic E-state index is 0. The molecule has 0 N–H and O–H groups in total. The van der Waals surface area contributed by atoms with E-state index < -0.39 is 0 Å². The fraction of sp³-hybridized carbons (Fsp3) is 0.289. The molecule has 0 unspecified atom stereocenters. The van der Waals surface area contributed by atoms with Crippen LogP contribution < -0.4 is 0 Å². The monoisotopic (exact) mass is 784 g/mol. The number of rotatable bonds is 5. The Labute approximate surface area is 328 Å². The predicted octanol–water partition coefficient (Wildman–Crippen LogP) is 14.3. The summed E-state index contributed by atoms with van der Waals surface area (Å²) in [5, 5.41) is 5.47. The molecule has 6 rings (SSSR count). The van der Waals surface area contributed by atoms with Gasteiger partial charge in [-0.05, 0) is 54.4 Å². The van der Waals surface area contributed by atoms with Gasteiger partial charge in [0.15, 0.2) is 0 Å². The van der Waals surface area contributed by atoms with Crippen LogP contribution in [-0.2, 0) is 29.8 Å². The van der Waals surface area contributed by atoms with Gasteiger partial charge in [0.2, 0.25) is 0 Å². The molecular formula is C45H56Cl2SiZr-4.